The number of carbonyl (C=O) groups is 2. The summed E-state index contributed by atoms with van der Waals surface area (Å²) in [5.74, 6) is 0.799. The summed E-state index contributed by atoms with van der Waals surface area (Å²) in [4.78, 5) is 28.6. The standard InChI is InChI=1S/C16H16N4O2S2/c1-9-3-4-12-13(5-9)17-11(6-14(12)21)7-23-8-15(22)18-16-20-19-10(2)24-16/h3-5H,6-8H2,1-2H3,(H,18,20,22). The second kappa shape index (κ2) is 7.23. The summed E-state index contributed by atoms with van der Waals surface area (Å²) in [7, 11) is 0. The lowest BCUT2D eigenvalue weighted by Gasteiger charge is -2.14. The number of thioether (sulfide) groups is 1. The number of Topliss-reactive ketones (excluding diaryl/α,β-unsaturated/α-hetero) is 1. The Balaban J connectivity index is 1.55. The fourth-order valence-corrected chi connectivity index (χ4v) is 3.68. The molecule has 2 aromatic rings. The van der Waals surface area contributed by atoms with Crippen molar-refractivity contribution in [3.8, 4) is 0 Å². The van der Waals surface area contributed by atoms with Gasteiger partial charge >= 0.3 is 0 Å². The van der Waals surface area contributed by atoms with E-state index in [1.54, 1.807) is 0 Å². The number of aromatic nitrogens is 2. The predicted octanol–water partition coefficient (Wildman–Crippen LogP) is 3.19. The van der Waals surface area contributed by atoms with Gasteiger partial charge in [0.05, 0.1) is 17.9 Å². The Bertz CT molecular complexity index is 829. The number of aliphatic imine (C=N–C) groups is 1. The number of rotatable bonds is 5. The number of amides is 1. The van der Waals surface area contributed by atoms with E-state index in [1.807, 2.05) is 32.0 Å². The molecule has 0 unspecified atom stereocenters. The zero-order chi connectivity index (χ0) is 17.1. The first-order valence-electron chi connectivity index (χ1n) is 7.39. The van der Waals surface area contributed by atoms with E-state index in [4.69, 9.17) is 0 Å². The predicted molar refractivity (Wildman–Crippen MR) is 97.8 cm³/mol. The molecule has 0 radical (unpaired) electrons. The molecule has 1 aliphatic heterocycles. The number of hydrogen-bond acceptors (Lipinski definition) is 7. The van der Waals surface area contributed by atoms with Gasteiger partial charge in [-0.25, -0.2) is 0 Å². The second-order valence-electron chi connectivity index (χ2n) is 5.47. The van der Waals surface area contributed by atoms with E-state index in [0.717, 1.165) is 22.0 Å². The van der Waals surface area contributed by atoms with Gasteiger partial charge in [-0.2, -0.15) is 0 Å². The molecule has 0 bridgehead atoms. The topological polar surface area (TPSA) is 84.3 Å². The van der Waals surface area contributed by atoms with Crippen LogP contribution in [-0.4, -0.2) is 39.1 Å². The number of ketones is 1. The number of nitrogens with one attached hydrogen (secondary N) is 1. The summed E-state index contributed by atoms with van der Waals surface area (Å²) in [6.45, 7) is 3.81. The molecular formula is C16H16N4O2S2. The van der Waals surface area contributed by atoms with E-state index < -0.39 is 0 Å². The van der Waals surface area contributed by atoms with Gasteiger partial charge in [0, 0.05) is 17.0 Å². The fourth-order valence-electron chi connectivity index (χ4n) is 2.31. The van der Waals surface area contributed by atoms with Crippen molar-refractivity contribution in [1.82, 2.24) is 10.2 Å². The van der Waals surface area contributed by atoms with E-state index in [1.165, 1.54) is 23.1 Å². The van der Waals surface area contributed by atoms with Gasteiger partial charge in [-0.15, -0.1) is 22.0 Å². The maximum absolute atomic E-state index is 12.2. The van der Waals surface area contributed by atoms with E-state index >= 15 is 0 Å². The molecule has 0 atom stereocenters. The van der Waals surface area contributed by atoms with E-state index in [0.29, 0.717) is 22.9 Å². The third-order valence-electron chi connectivity index (χ3n) is 3.37. The number of aryl methyl sites for hydroxylation is 2. The van der Waals surface area contributed by atoms with Crippen LogP contribution in [-0.2, 0) is 4.79 Å². The lowest BCUT2D eigenvalue weighted by molar-refractivity contribution is -0.113. The Morgan fingerprint density at radius 3 is 2.92 bits per heavy atom. The third kappa shape index (κ3) is 4.07. The molecule has 0 saturated heterocycles. The average molecular weight is 360 g/mol. The summed E-state index contributed by atoms with van der Waals surface area (Å²) >= 11 is 2.78. The van der Waals surface area contributed by atoms with Crippen LogP contribution >= 0.6 is 23.1 Å². The number of benzene rings is 1. The summed E-state index contributed by atoms with van der Waals surface area (Å²) in [5.41, 5.74) is 3.29. The maximum Gasteiger partial charge on any atom is 0.236 e. The van der Waals surface area contributed by atoms with Crippen LogP contribution in [0.15, 0.2) is 23.2 Å². The Hall–Kier alpha value is -2.06. The highest BCUT2D eigenvalue weighted by atomic mass is 32.2. The molecular weight excluding hydrogens is 344 g/mol. The van der Waals surface area contributed by atoms with Crippen molar-refractivity contribution in [2.75, 3.05) is 16.8 Å². The van der Waals surface area contributed by atoms with Crippen molar-refractivity contribution in [2.24, 2.45) is 4.99 Å². The fraction of sp³-hybridized carbons (Fsp3) is 0.312. The molecule has 0 aliphatic carbocycles. The first-order valence-corrected chi connectivity index (χ1v) is 9.36. The molecule has 124 valence electrons. The molecule has 1 aromatic heterocycles. The van der Waals surface area contributed by atoms with Crippen LogP contribution in [0.5, 0.6) is 0 Å². The quantitative estimate of drug-likeness (QED) is 0.885. The molecule has 6 nitrogen and oxygen atoms in total. The van der Waals surface area contributed by atoms with Crippen LogP contribution in [0.2, 0.25) is 0 Å². The van der Waals surface area contributed by atoms with Crippen molar-refractivity contribution in [2.45, 2.75) is 20.3 Å². The van der Waals surface area contributed by atoms with Gasteiger partial charge in [-0.3, -0.25) is 19.9 Å². The molecule has 0 fully saturated rings. The first-order chi connectivity index (χ1) is 11.5. The zero-order valence-electron chi connectivity index (χ0n) is 13.3. The van der Waals surface area contributed by atoms with E-state index in [9.17, 15) is 9.59 Å². The highest BCUT2D eigenvalue weighted by Crippen LogP contribution is 2.27. The summed E-state index contributed by atoms with van der Waals surface area (Å²) < 4.78 is 0. The van der Waals surface area contributed by atoms with Gasteiger partial charge in [-0.1, -0.05) is 17.4 Å². The minimum atomic E-state index is -0.130. The molecule has 1 aromatic carbocycles. The van der Waals surface area contributed by atoms with Crippen LogP contribution in [0.3, 0.4) is 0 Å². The normalized spacial score (nSPS) is 13.4. The molecule has 1 aliphatic rings. The van der Waals surface area contributed by atoms with Gasteiger partial charge in [0.25, 0.3) is 0 Å². The summed E-state index contributed by atoms with van der Waals surface area (Å²) in [6.07, 6.45) is 0.320. The lowest BCUT2D eigenvalue weighted by atomic mass is 9.99. The Morgan fingerprint density at radius 2 is 2.17 bits per heavy atom. The van der Waals surface area contributed by atoms with Gasteiger partial charge in [0.15, 0.2) is 5.78 Å². The molecule has 0 spiro atoms. The van der Waals surface area contributed by atoms with Crippen LogP contribution in [0.4, 0.5) is 10.8 Å². The third-order valence-corrected chi connectivity index (χ3v) is 5.13. The van der Waals surface area contributed by atoms with Crippen LogP contribution in [0.25, 0.3) is 0 Å². The summed E-state index contributed by atoms with van der Waals surface area (Å²) in [5, 5.41) is 11.7. The minimum Gasteiger partial charge on any atom is -0.300 e. The van der Waals surface area contributed by atoms with Gasteiger partial charge in [-0.05, 0) is 31.5 Å². The summed E-state index contributed by atoms with van der Waals surface area (Å²) in [6, 6.07) is 5.67. The highest BCUT2D eigenvalue weighted by molar-refractivity contribution is 8.00. The molecule has 1 N–H and O–H groups in total. The van der Waals surface area contributed by atoms with Crippen LogP contribution in [0.1, 0.15) is 27.3 Å². The minimum absolute atomic E-state index is 0.0874. The van der Waals surface area contributed by atoms with Crippen molar-refractivity contribution in [1.29, 1.82) is 0 Å². The number of fused-ring (bicyclic) bond motifs is 1. The van der Waals surface area contributed by atoms with Gasteiger partial charge < -0.3 is 0 Å². The smallest absolute Gasteiger partial charge is 0.236 e. The maximum atomic E-state index is 12.2. The number of hydrogen-bond donors (Lipinski definition) is 1. The van der Waals surface area contributed by atoms with Crippen molar-refractivity contribution in [3.63, 3.8) is 0 Å². The number of nitrogens with zero attached hydrogens (tertiary/aromatic N) is 3. The van der Waals surface area contributed by atoms with Gasteiger partial charge in [0.1, 0.15) is 5.01 Å². The van der Waals surface area contributed by atoms with Crippen molar-refractivity contribution >= 4 is 51.3 Å². The second-order valence-corrected chi connectivity index (χ2v) is 7.63. The van der Waals surface area contributed by atoms with Crippen LogP contribution < -0.4 is 5.32 Å². The molecule has 0 saturated carbocycles. The lowest BCUT2D eigenvalue weighted by Crippen LogP contribution is -2.18. The number of carbonyl (C=O) groups excluding carboxylic acids is 2. The van der Waals surface area contributed by atoms with E-state index in [-0.39, 0.29) is 17.4 Å². The Morgan fingerprint density at radius 1 is 1.33 bits per heavy atom. The molecule has 8 heteroatoms. The van der Waals surface area contributed by atoms with Crippen molar-refractivity contribution < 1.29 is 9.59 Å². The molecule has 1 amide bonds. The largest absolute Gasteiger partial charge is 0.300 e. The van der Waals surface area contributed by atoms with Crippen LogP contribution in [0, 0.1) is 13.8 Å². The zero-order valence-corrected chi connectivity index (χ0v) is 15.0. The highest BCUT2D eigenvalue weighted by Gasteiger charge is 2.20. The first kappa shape index (κ1) is 16.8. The average Bonchev–Trinajstić information content (AvgIpc) is 2.91. The number of anilines is 1. The van der Waals surface area contributed by atoms with E-state index in [2.05, 4.69) is 20.5 Å². The molecule has 3 rings (SSSR count). The van der Waals surface area contributed by atoms with Gasteiger partial charge in [0.2, 0.25) is 11.0 Å². The van der Waals surface area contributed by atoms with Crippen molar-refractivity contribution in [3.05, 3.63) is 34.3 Å². The monoisotopic (exact) mass is 360 g/mol. The molecule has 24 heavy (non-hydrogen) atoms. The SMILES string of the molecule is Cc1ccc2c(c1)N=C(CSCC(=O)Nc1nnc(C)s1)CC2=O. The Labute approximate surface area is 147 Å². The Kier molecular flexibility index (Phi) is 5.06. The molecule has 2 heterocycles.